The second-order valence-electron chi connectivity index (χ2n) is 5.88. The van der Waals surface area contributed by atoms with E-state index in [4.69, 9.17) is 4.74 Å². The molecular weight excluding hydrogens is 253 g/mol. The van der Waals surface area contributed by atoms with Crippen molar-refractivity contribution in [2.45, 2.75) is 26.4 Å². The van der Waals surface area contributed by atoms with E-state index in [-0.39, 0.29) is 11.2 Å². The van der Waals surface area contributed by atoms with Gasteiger partial charge in [0.15, 0.2) is 0 Å². The summed E-state index contributed by atoms with van der Waals surface area (Å²) in [5.41, 5.74) is 1.08. The number of nitrogens with zero attached hydrogens (tertiary/aromatic N) is 1. The van der Waals surface area contributed by atoms with Crippen LogP contribution in [0.1, 0.15) is 31.9 Å². The quantitative estimate of drug-likeness (QED) is 0.838. The molecule has 2 nitrogen and oxygen atoms in total. The van der Waals surface area contributed by atoms with Crippen molar-refractivity contribution in [3.05, 3.63) is 65.7 Å². The third kappa shape index (κ3) is 2.34. The minimum absolute atomic E-state index is 0.207. The smallest absolute Gasteiger partial charge is 0.123 e. The van der Waals surface area contributed by atoms with Crippen molar-refractivity contribution in [3.63, 3.8) is 0 Å². The first-order valence-corrected chi connectivity index (χ1v) is 6.63. The van der Waals surface area contributed by atoms with Gasteiger partial charge in [-0.05, 0) is 40.8 Å². The van der Waals surface area contributed by atoms with E-state index in [1.165, 1.54) is 12.1 Å². The second kappa shape index (κ2) is 5.33. The van der Waals surface area contributed by atoms with Gasteiger partial charge in [0.25, 0.3) is 0 Å². The third-order valence-corrected chi connectivity index (χ3v) is 3.70. The Morgan fingerprint density at radius 1 is 0.900 bits per heavy atom. The van der Waals surface area contributed by atoms with Gasteiger partial charge in [-0.1, -0.05) is 32.9 Å². The molecule has 2 aromatic rings. The van der Waals surface area contributed by atoms with Gasteiger partial charge < -0.3 is 4.74 Å². The van der Waals surface area contributed by atoms with Crippen LogP contribution in [0.15, 0.2) is 48.8 Å². The molecule has 1 aromatic heterocycles. The molecule has 0 aliphatic heterocycles. The Balaban J connectivity index is 2.69. The molecular formula is C17H20FNO. The number of methoxy groups -OCH3 is 1. The lowest BCUT2D eigenvalue weighted by atomic mass is 9.68. The van der Waals surface area contributed by atoms with Crippen molar-refractivity contribution < 1.29 is 9.13 Å². The number of ether oxygens (including phenoxy) is 1. The fraction of sp³-hybridized carbons (Fsp3) is 0.353. The highest BCUT2D eigenvalue weighted by Gasteiger charge is 2.45. The number of benzene rings is 1. The Morgan fingerprint density at radius 3 is 1.85 bits per heavy atom. The summed E-state index contributed by atoms with van der Waals surface area (Å²) in [7, 11) is 1.69. The van der Waals surface area contributed by atoms with E-state index < -0.39 is 5.60 Å². The number of pyridine rings is 1. The number of aromatic nitrogens is 1. The number of rotatable bonds is 3. The van der Waals surface area contributed by atoms with Gasteiger partial charge in [-0.25, -0.2) is 4.39 Å². The van der Waals surface area contributed by atoms with Crippen molar-refractivity contribution in [3.8, 4) is 0 Å². The van der Waals surface area contributed by atoms with E-state index in [1.54, 1.807) is 31.6 Å². The first-order chi connectivity index (χ1) is 9.41. The van der Waals surface area contributed by atoms with Crippen molar-refractivity contribution in [1.29, 1.82) is 0 Å². The molecule has 0 saturated heterocycles. The highest BCUT2D eigenvalue weighted by Crippen LogP contribution is 2.47. The topological polar surface area (TPSA) is 22.1 Å². The number of halogens is 1. The van der Waals surface area contributed by atoms with Crippen LogP contribution in [0.5, 0.6) is 0 Å². The molecule has 0 fully saturated rings. The van der Waals surface area contributed by atoms with Crippen LogP contribution in [0.2, 0.25) is 0 Å². The minimum atomic E-state index is -0.649. The van der Waals surface area contributed by atoms with Crippen LogP contribution in [0.25, 0.3) is 0 Å². The van der Waals surface area contributed by atoms with E-state index in [0.717, 1.165) is 11.1 Å². The molecule has 0 bridgehead atoms. The zero-order chi connectivity index (χ0) is 14.8. The van der Waals surface area contributed by atoms with E-state index in [9.17, 15) is 4.39 Å². The van der Waals surface area contributed by atoms with Gasteiger partial charge in [-0.2, -0.15) is 0 Å². The molecule has 0 aliphatic rings. The van der Waals surface area contributed by atoms with Gasteiger partial charge in [0.1, 0.15) is 11.4 Å². The summed E-state index contributed by atoms with van der Waals surface area (Å²) < 4.78 is 19.2. The molecule has 0 amide bonds. The van der Waals surface area contributed by atoms with Crippen LogP contribution in [-0.2, 0) is 10.3 Å². The van der Waals surface area contributed by atoms with Crippen molar-refractivity contribution >= 4 is 0 Å². The van der Waals surface area contributed by atoms with Crippen LogP contribution >= 0.6 is 0 Å². The molecule has 1 aromatic carbocycles. The lowest BCUT2D eigenvalue weighted by Crippen LogP contribution is -2.43. The van der Waals surface area contributed by atoms with Gasteiger partial charge in [0, 0.05) is 19.5 Å². The maximum absolute atomic E-state index is 13.2. The first-order valence-electron chi connectivity index (χ1n) is 6.63. The normalized spacial score (nSPS) is 14.8. The summed E-state index contributed by atoms with van der Waals surface area (Å²) in [4.78, 5) is 4.07. The highest BCUT2D eigenvalue weighted by atomic mass is 19.1. The van der Waals surface area contributed by atoms with Crippen LogP contribution in [0.3, 0.4) is 0 Å². The predicted octanol–water partition coefficient (Wildman–Crippen LogP) is 4.16. The lowest BCUT2D eigenvalue weighted by molar-refractivity contribution is -0.0646. The molecule has 0 N–H and O–H groups in total. The Kier molecular flexibility index (Phi) is 3.91. The number of hydrogen-bond donors (Lipinski definition) is 0. The van der Waals surface area contributed by atoms with Crippen LogP contribution in [0.4, 0.5) is 4.39 Å². The minimum Gasteiger partial charge on any atom is -0.368 e. The molecule has 1 atom stereocenters. The molecule has 0 radical (unpaired) electrons. The standard InChI is InChI=1S/C17H20FNO/c1-16(2,3)17(20-4,14-9-11-19-12-10-14)13-5-7-15(18)8-6-13/h5-12H,1-4H3. The maximum atomic E-state index is 13.2. The maximum Gasteiger partial charge on any atom is 0.123 e. The SMILES string of the molecule is COC(c1ccncc1)(c1ccc(F)cc1)C(C)(C)C. The Bertz CT molecular complexity index is 560. The van der Waals surface area contributed by atoms with Crippen LogP contribution in [-0.4, -0.2) is 12.1 Å². The molecule has 3 heteroatoms. The average Bonchev–Trinajstić information content (AvgIpc) is 2.42. The van der Waals surface area contributed by atoms with Crippen molar-refractivity contribution in [2.24, 2.45) is 5.41 Å². The monoisotopic (exact) mass is 273 g/mol. The van der Waals surface area contributed by atoms with Crippen molar-refractivity contribution in [2.75, 3.05) is 7.11 Å². The molecule has 106 valence electrons. The highest BCUT2D eigenvalue weighted by molar-refractivity contribution is 5.38. The molecule has 2 rings (SSSR count). The summed E-state index contributed by atoms with van der Waals surface area (Å²) in [6.07, 6.45) is 3.50. The zero-order valence-electron chi connectivity index (χ0n) is 12.4. The van der Waals surface area contributed by atoms with Gasteiger partial charge in [-0.3, -0.25) is 4.98 Å². The Hall–Kier alpha value is -1.74. The summed E-state index contributed by atoms with van der Waals surface area (Å²) in [5, 5.41) is 0. The Morgan fingerprint density at radius 2 is 1.40 bits per heavy atom. The fourth-order valence-electron chi connectivity index (χ4n) is 2.85. The summed E-state index contributed by atoms with van der Waals surface area (Å²) in [6, 6.07) is 10.4. The largest absolute Gasteiger partial charge is 0.368 e. The van der Waals surface area contributed by atoms with Gasteiger partial charge in [0.05, 0.1) is 0 Å². The second-order valence-corrected chi connectivity index (χ2v) is 5.88. The summed E-state index contributed by atoms with van der Waals surface area (Å²) in [5.74, 6) is -0.248. The fourth-order valence-corrected chi connectivity index (χ4v) is 2.85. The summed E-state index contributed by atoms with van der Waals surface area (Å²) in [6.45, 7) is 6.33. The third-order valence-electron chi connectivity index (χ3n) is 3.70. The van der Waals surface area contributed by atoms with Gasteiger partial charge >= 0.3 is 0 Å². The number of hydrogen-bond acceptors (Lipinski definition) is 2. The van der Waals surface area contributed by atoms with E-state index >= 15 is 0 Å². The molecule has 0 spiro atoms. The van der Waals surface area contributed by atoms with E-state index in [2.05, 4.69) is 25.8 Å². The summed E-state index contributed by atoms with van der Waals surface area (Å²) >= 11 is 0. The van der Waals surface area contributed by atoms with Crippen LogP contribution < -0.4 is 0 Å². The van der Waals surface area contributed by atoms with Crippen molar-refractivity contribution in [1.82, 2.24) is 4.98 Å². The zero-order valence-corrected chi connectivity index (χ0v) is 12.4. The molecule has 20 heavy (non-hydrogen) atoms. The molecule has 0 saturated carbocycles. The Labute approximate surface area is 119 Å². The van der Waals surface area contributed by atoms with E-state index in [0.29, 0.717) is 0 Å². The van der Waals surface area contributed by atoms with Gasteiger partial charge in [-0.15, -0.1) is 0 Å². The molecule has 1 heterocycles. The predicted molar refractivity (Wildman–Crippen MR) is 77.9 cm³/mol. The molecule has 0 aliphatic carbocycles. The lowest BCUT2D eigenvalue weighted by Gasteiger charge is -2.44. The average molecular weight is 273 g/mol. The molecule has 1 unspecified atom stereocenters. The first kappa shape index (κ1) is 14.7. The van der Waals surface area contributed by atoms with Gasteiger partial charge in [0.2, 0.25) is 0 Å². The van der Waals surface area contributed by atoms with E-state index in [1.807, 2.05) is 12.1 Å². The van der Waals surface area contributed by atoms with Crippen LogP contribution in [0, 0.1) is 11.2 Å².